The lowest BCUT2D eigenvalue weighted by atomic mass is 10.2. The fraction of sp³-hybridized carbons (Fsp3) is 0.667. The average molecular weight is 251 g/mol. The number of urea groups is 1. The van der Waals surface area contributed by atoms with E-state index < -0.39 is 0 Å². The molecule has 1 aromatic heterocycles. The molecule has 3 rings (SSSR count). The highest BCUT2D eigenvalue weighted by Gasteiger charge is 2.37. The van der Waals surface area contributed by atoms with Gasteiger partial charge in [0.05, 0.1) is 6.04 Å². The smallest absolute Gasteiger partial charge is 0.317 e. The molecule has 0 saturated heterocycles. The number of nitrogens with zero attached hydrogens (tertiary/aromatic N) is 2. The molecule has 1 heterocycles. The van der Waals surface area contributed by atoms with Gasteiger partial charge in [0.1, 0.15) is 5.01 Å². The number of rotatable bonds is 4. The minimum absolute atomic E-state index is 0.0552. The number of amides is 2. The number of carbonyl (C=O) groups excluding carboxylic acids is 1. The molecule has 2 aliphatic carbocycles. The number of carbonyl (C=O) groups is 1. The van der Waals surface area contributed by atoms with Crippen molar-refractivity contribution < 1.29 is 4.79 Å². The van der Waals surface area contributed by atoms with Crippen molar-refractivity contribution in [3.63, 3.8) is 0 Å². The lowest BCUT2D eigenvalue weighted by molar-refractivity contribution is 0.201. The van der Waals surface area contributed by atoms with E-state index >= 15 is 0 Å². The molecule has 4 nitrogen and oxygen atoms in total. The molecule has 2 aliphatic rings. The summed E-state index contributed by atoms with van der Waals surface area (Å²) in [6.45, 7) is 0. The van der Waals surface area contributed by atoms with Crippen molar-refractivity contribution >= 4 is 17.4 Å². The molecule has 1 aromatic rings. The van der Waals surface area contributed by atoms with Crippen LogP contribution in [0.4, 0.5) is 4.79 Å². The molecule has 0 aliphatic heterocycles. The van der Waals surface area contributed by atoms with Crippen molar-refractivity contribution in [1.29, 1.82) is 0 Å². The van der Waals surface area contributed by atoms with Crippen LogP contribution in [0.2, 0.25) is 0 Å². The van der Waals surface area contributed by atoms with Crippen LogP contribution < -0.4 is 5.32 Å². The molecule has 2 amide bonds. The summed E-state index contributed by atoms with van der Waals surface area (Å²) in [5, 5.41) is 6.16. The lowest BCUT2D eigenvalue weighted by Crippen LogP contribution is -2.41. The molecule has 0 aromatic carbocycles. The van der Waals surface area contributed by atoms with E-state index in [2.05, 4.69) is 10.3 Å². The Kier molecular flexibility index (Phi) is 2.78. The first-order chi connectivity index (χ1) is 8.25. The summed E-state index contributed by atoms with van der Waals surface area (Å²) in [6, 6.07) is 0.648. The van der Waals surface area contributed by atoms with Gasteiger partial charge in [-0.1, -0.05) is 0 Å². The Morgan fingerprint density at radius 1 is 1.53 bits per heavy atom. The maximum atomic E-state index is 12.1. The molecular weight excluding hydrogens is 234 g/mol. The van der Waals surface area contributed by atoms with Crippen LogP contribution in [0.25, 0.3) is 0 Å². The summed E-state index contributed by atoms with van der Waals surface area (Å²) >= 11 is 1.63. The van der Waals surface area contributed by atoms with Gasteiger partial charge >= 0.3 is 6.03 Å². The first kappa shape index (κ1) is 11.0. The minimum Gasteiger partial charge on any atom is -0.328 e. The van der Waals surface area contributed by atoms with E-state index in [0.717, 1.165) is 17.8 Å². The second-order valence-electron chi connectivity index (χ2n) is 4.98. The lowest BCUT2D eigenvalue weighted by Gasteiger charge is -2.22. The highest BCUT2D eigenvalue weighted by atomic mass is 32.1. The molecule has 0 spiro atoms. The van der Waals surface area contributed by atoms with Gasteiger partial charge in [-0.25, -0.2) is 9.78 Å². The van der Waals surface area contributed by atoms with Crippen LogP contribution in [0.1, 0.15) is 36.7 Å². The van der Waals surface area contributed by atoms with Gasteiger partial charge in [-0.15, -0.1) is 11.3 Å². The molecule has 1 atom stereocenters. The van der Waals surface area contributed by atoms with Gasteiger partial charge in [-0.05, 0) is 31.6 Å². The van der Waals surface area contributed by atoms with Crippen molar-refractivity contribution in [3.8, 4) is 0 Å². The van der Waals surface area contributed by atoms with Crippen LogP contribution in [0.3, 0.4) is 0 Å². The maximum Gasteiger partial charge on any atom is 0.317 e. The normalized spacial score (nSPS) is 21.0. The molecule has 5 heteroatoms. The number of aromatic nitrogens is 1. The van der Waals surface area contributed by atoms with Crippen LogP contribution in [0, 0.1) is 5.92 Å². The summed E-state index contributed by atoms with van der Waals surface area (Å²) in [6.07, 6.45) is 6.52. The SMILES string of the molecule is CN(C(=O)NC(c1nccs1)C1CC1)C1CC1. The third-order valence-electron chi connectivity index (χ3n) is 3.50. The van der Waals surface area contributed by atoms with E-state index in [4.69, 9.17) is 0 Å². The van der Waals surface area contributed by atoms with Gasteiger partial charge < -0.3 is 10.2 Å². The number of thiazole rings is 1. The fourth-order valence-electron chi connectivity index (χ4n) is 2.06. The molecule has 0 bridgehead atoms. The molecule has 17 heavy (non-hydrogen) atoms. The molecule has 2 saturated carbocycles. The van der Waals surface area contributed by atoms with E-state index in [1.807, 2.05) is 23.5 Å². The zero-order valence-electron chi connectivity index (χ0n) is 9.93. The first-order valence-electron chi connectivity index (χ1n) is 6.18. The monoisotopic (exact) mass is 251 g/mol. The van der Waals surface area contributed by atoms with Crippen LogP contribution in [0.15, 0.2) is 11.6 Å². The molecule has 0 radical (unpaired) electrons. The third-order valence-corrected chi connectivity index (χ3v) is 4.36. The summed E-state index contributed by atoms with van der Waals surface area (Å²) < 4.78 is 0. The predicted molar refractivity (Wildman–Crippen MR) is 66.9 cm³/mol. The van der Waals surface area contributed by atoms with Gasteiger partial charge in [0, 0.05) is 24.7 Å². The van der Waals surface area contributed by atoms with Gasteiger partial charge in [-0.2, -0.15) is 0 Å². The van der Waals surface area contributed by atoms with Crippen LogP contribution >= 0.6 is 11.3 Å². The topological polar surface area (TPSA) is 45.2 Å². The second kappa shape index (κ2) is 4.29. The number of hydrogen-bond donors (Lipinski definition) is 1. The molecule has 92 valence electrons. The van der Waals surface area contributed by atoms with Crippen molar-refractivity contribution in [1.82, 2.24) is 15.2 Å². The van der Waals surface area contributed by atoms with Gasteiger partial charge in [0.15, 0.2) is 0 Å². The van der Waals surface area contributed by atoms with E-state index in [9.17, 15) is 4.79 Å². The van der Waals surface area contributed by atoms with Gasteiger partial charge in [0.25, 0.3) is 0 Å². The Labute approximate surface area is 105 Å². The maximum absolute atomic E-state index is 12.1. The van der Waals surface area contributed by atoms with Gasteiger partial charge in [0.2, 0.25) is 0 Å². The van der Waals surface area contributed by atoms with E-state index in [0.29, 0.717) is 12.0 Å². The quantitative estimate of drug-likeness (QED) is 0.893. The Morgan fingerprint density at radius 2 is 2.29 bits per heavy atom. The summed E-state index contributed by atoms with van der Waals surface area (Å²) in [7, 11) is 1.89. The predicted octanol–water partition coefficient (Wildman–Crippen LogP) is 2.40. The fourth-order valence-corrected chi connectivity index (χ4v) is 2.84. The van der Waals surface area contributed by atoms with Crippen molar-refractivity contribution in [3.05, 3.63) is 16.6 Å². The van der Waals surface area contributed by atoms with Crippen LogP contribution in [-0.4, -0.2) is 29.0 Å². The Bertz CT molecular complexity index is 398. The second-order valence-corrected chi connectivity index (χ2v) is 5.90. The zero-order chi connectivity index (χ0) is 11.8. The highest BCUT2D eigenvalue weighted by molar-refractivity contribution is 7.09. The highest BCUT2D eigenvalue weighted by Crippen LogP contribution is 2.41. The van der Waals surface area contributed by atoms with Crippen molar-refractivity contribution in [2.45, 2.75) is 37.8 Å². The van der Waals surface area contributed by atoms with E-state index in [1.54, 1.807) is 11.3 Å². The van der Waals surface area contributed by atoms with Crippen LogP contribution in [-0.2, 0) is 0 Å². The van der Waals surface area contributed by atoms with Crippen LogP contribution in [0.5, 0.6) is 0 Å². The summed E-state index contributed by atoms with van der Waals surface area (Å²) in [5.74, 6) is 0.595. The Hall–Kier alpha value is -1.10. The first-order valence-corrected chi connectivity index (χ1v) is 7.06. The van der Waals surface area contributed by atoms with Crippen molar-refractivity contribution in [2.24, 2.45) is 5.92 Å². The molecular formula is C12H17N3OS. The largest absolute Gasteiger partial charge is 0.328 e. The van der Waals surface area contributed by atoms with E-state index in [-0.39, 0.29) is 12.1 Å². The van der Waals surface area contributed by atoms with Crippen molar-refractivity contribution in [2.75, 3.05) is 7.05 Å². The Balaban J connectivity index is 1.66. The molecule has 1 unspecified atom stereocenters. The minimum atomic E-state index is 0.0552. The molecule has 2 fully saturated rings. The van der Waals surface area contributed by atoms with Gasteiger partial charge in [-0.3, -0.25) is 0 Å². The number of nitrogens with one attached hydrogen (secondary N) is 1. The van der Waals surface area contributed by atoms with E-state index in [1.165, 1.54) is 12.8 Å². The summed E-state index contributed by atoms with van der Waals surface area (Å²) in [4.78, 5) is 18.2. The third kappa shape index (κ3) is 2.44. The molecule has 1 N–H and O–H groups in total. The average Bonchev–Trinajstić information content (AvgIpc) is 3.23. The standard InChI is InChI=1S/C12H17N3OS/c1-15(9-4-5-9)12(16)14-10(8-2-3-8)11-13-6-7-17-11/h6-10H,2-5H2,1H3,(H,14,16). The zero-order valence-corrected chi connectivity index (χ0v) is 10.7. The number of hydrogen-bond acceptors (Lipinski definition) is 3. The summed E-state index contributed by atoms with van der Waals surface area (Å²) in [5.41, 5.74) is 0. The Morgan fingerprint density at radius 3 is 2.82 bits per heavy atom.